The van der Waals surface area contributed by atoms with Crippen LogP contribution in [0.5, 0.6) is 5.75 Å². The van der Waals surface area contributed by atoms with E-state index in [2.05, 4.69) is 10.2 Å². The lowest BCUT2D eigenvalue weighted by Gasteiger charge is -2.16. The number of rotatable bonds is 9. The van der Waals surface area contributed by atoms with Crippen LogP contribution in [0, 0.1) is 0 Å². The van der Waals surface area contributed by atoms with Crippen molar-refractivity contribution in [3.63, 3.8) is 0 Å². The topological polar surface area (TPSA) is 79.4 Å². The number of benzene rings is 1. The first-order valence-electron chi connectivity index (χ1n) is 9.15. The van der Waals surface area contributed by atoms with Crippen molar-refractivity contribution < 1.29 is 18.7 Å². The number of carbonyl (C=O) groups is 1. The summed E-state index contributed by atoms with van der Waals surface area (Å²) in [6.45, 7) is 4.18. The lowest BCUT2D eigenvalue weighted by Crippen LogP contribution is -2.21. The predicted octanol–water partition coefficient (Wildman–Crippen LogP) is 4.36. The molecule has 0 N–H and O–H groups in total. The number of nitrogens with zero attached hydrogens (tertiary/aromatic N) is 3. The fourth-order valence-electron chi connectivity index (χ4n) is 2.79. The smallest absolute Gasteiger partial charge is 0.319 e. The molecule has 148 valence electrons. The van der Waals surface area contributed by atoms with Crippen molar-refractivity contribution in [3.05, 3.63) is 42.7 Å². The van der Waals surface area contributed by atoms with E-state index in [0.29, 0.717) is 35.5 Å². The number of carbonyl (C=O) groups excluding carboxylic acids is 1. The molecule has 0 amide bonds. The van der Waals surface area contributed by atoms with E-state index in [1.165, 1.54) is 11.8 Å². The number of furan rings is 1. The summed E-state index contributed by atoms with van der Waals surface area (Å²) in [6.07, 6.45) is 3.12. The lowest BCUT2D eigenvalue weighted by atomic mass is 10.2. The van der Waals surface area contributed by atoms with E-state index in [9.17, 15) is 4.79 Å². The van der Waals surface area contributed by atoms with Gasteiger partial charge in [-0.15, -0.1) is 10.2 Å². The number of para-hydroxylation sites is 2. The van der Waals surface area contributed by atoms with Gasteiger partial charge in [0.1, 0.15) is 11.0 Å². The number of aromatic nitrogens is 3. The molecule has 7 nitrogen and oxygen atoms in total. The molecule has 0 bridgehead atoms. The first-order valence-corrected chi connectivity index (χ1v) is 10.0. The summed E-state index contributed by atoms with van der Waals surface area (Å²) in [6, 6.07) is 11.2. The highest BCUT2D eigenvalue weighted by molar-refractivity contribution is 8.00. The Morgan fingerprint density at radius 3 is 2.71 bits per heavy atom. The summed E-state index contributed by atoms with van der Waals surface area (Å²) < 4.78 is 18.2. The number of methoxy groups -OCH3 is 1. The summed E-state index contributed by atoms with van der Waals surface area (Å²) in [7, 11) is 1.61. The summed E-state index contributed by atoms with van der Waals surface area (Å²) in [5, 5.41) is 8.86. The van der Waals surface area contributed by atoms with Gasteiger partial charge in [0.15, 0.2) is 10.9 Å². The van der Waals surface area contributed by atoms with Gasteiger partial charge in [0.25, 0.3) is 0 Å². The summed E-state index contributed by atoms with van der Waals surface area (Å²) in [4.78, 5) is 12.4. The molecule has 0 saturated carbocycles. The minimum atomic E-state index is -0.368. The molecule has 2 heterocycles. The van der Waals surface area contributed by atoms with Crippen LogP contribution in [-0.2, 0) is 9.53 Å². The first-order chi connectivity index (χ1) is 13.7. The zero-order valence-corrected chi connectivity index (χ0v) is 16.9. The van der Waals surface area contributed by atoms with Gasteiger partial charge in [-0.1, -0.05) is 37.2 Å². The van der Waals surface area contributed by atoms with Crippen molar-refractivity contribution in [1.82, 2.24) is 14.8 Å². The van der Waals surface area contributed by atoms with Crippen molar-refractivity contribution in [3.8, 4) is 23.0 Å². The predicted molar refractivity (Wildman–Crippen MR) is 107 cm³/mol. The van der Waals surface area contributed by atoms with Gasteiger partial charge >= 0.3 is 5.97 Å². The van der Waals surface area contributed by atoms with E-state index in [-0.39, 0.29) is 11.2 Å². The molecule has 3 aromatic rings. The Kier molecular flexibility index (Phi) is 6.76. The van der Waals surface area contributed by atoms with Gasteiger partial charge in [0, 0.05) is 0 Å². The fourth-order valence-corrected chi connectivity index (χ4v) is 3.94. The van der Waals surface area contributed by atoms with Gasteiger partial charge < -0.3 is 13.9 Å². The van der Waals surface area contributed by atoms with Crippen molar-refractivity contribution in [2.45, 2.75) is 37.1 Å². The van der Waals surface area contributed by atoms with Crippen LogP contribution in [0.1, 0.15) is 26.7 Å². The zero-order valence-electron chi connectivity index (χ0n) is 16.1. The molecule has 0 radical (unpaired) electrons. The minimum absolute atomic E-state index is 0.247. The largest absolute Gasteiger partial charge is 0.495 e. The number of hydrogen-bond acceptors (Lipinski definition) is 7. The Morgan fingerprint density at radius 2 is 2.04 bits per heavy atom. The molecular formula is C20H23N3O4S. The molecule has 8 heteroatoms. The maximum absolute atomic E-state index is 12.4. The SMILES string of the molecule is CCCC(Sc1nnc(-c2ccco2)n1-c1ccccc1OC)C(=O)OCC. The highest BCUT2D eigenvalue weighted by Gasteiger charge is 2.27. The summed E-state index contributed by atoms with van der Waals surface area (Å²) in [5.41, 5.74) is 0.767. The maximum Gasteiger partial charge on any atom is 0.319 e. The molecule has 1 aromatic carbocycles. The second-order valence-electron chi connectivity index (χ2n) is 5.94. The number of thioether (sulfide) groups is 1. The molecule has 3 rings (SSSR count). The second kappa shape index (κ2) is 9.45. The van der Waals surface area contributed by atoms with Gasteiger partial charge in [-0.25, -0.2) is 0 Å². The molecule has 0 fully saturated rings. The molecular weight excluding hydrogens is 378 g/mol. The van der Waals surface area contributed by atoms with Gasteiger partial charge in [-0.3, -0.25) is 9.36 Å². The van der Waals surface area contributed by atoms with Crippen molar-refractivity contribution in [2.24, 2.45) is 0 Å². The lowest BCUT2D eigenvalue weighted by molar-refractivity contribution is -0.142. The van der Waals surface area contributed by atoms with Gasteiger partial charge in [-0.05, 0) is 37.6 Å². The van der Waals surface area contributed by atoms with Crippen molar-refractivity contribution in [2.75, 3.05) is 13.7 Å². The molecule has 28 heavy (non-hydrogen) atoms. The summed E-state index contributed by atoms with van der Waals surface area (Å²) >= 11 is 1.34. The van der Waals surface area contributed by atoms with E-state index in [4.69, 9.17) is 13.9 Å². The van der Waals surface area contributed by atoms with E-state index >= 15 is 0 Å². The summed E-state index contributed by atoms with van der Waals surface area (Å²) in [5.74, 6) is 1.54. The van der Waals surface area contributed by atoms with Gasteiger partial charge in [-0.2, -0.15) is 0 Å². The highest BCUT2D eigenvalue weighted by atomic mass is 32.2. The second-order valence-corrected chi connectivity index (χ2v) is 7.11. The van der Waals surface area contributed by atoms with Gasteiger partial charge in [0.05, 0.1) is 25.7 Å². The maximum atomic E-state index is 12.4. The third-order valence-electron chi connectivity index (χ3n) is 4.05. The van der Waals surface area contributed by atoms with Crippen LogP contribution in [0.25, 0.3) is 17.3 Å². The van der Waals surface area contributed by atoms with Crippen LogP contribution in [-0.4, -0.2) is 39.7 Å². The average Bonchev–Trinajstić information content (AvgIpc) is 3.37. The van der Waals surface area contributed by atoms with E-state index in [1.54, 1.807) is 26.4 Å². The van der Waals surface area contributed by atoms with Crippen LogP contribution in [0.3, 0.4) is 0 Å². The van der Waals surface area contributed by atoms with Crippen LogP contribution in [0.4, 0.5) is 0 Å². The normalized spacial score (nSPS) is 12.0. The number of hydrogen-bond donors (Lipinski definition) is 0. The quantitative estimate of drug-likeness (QED) is 0.389. The molecule has 0 aliphatic carbocycles. The first kappa shape index (κ1) is 20.0. The third kappa shape index (κ3) is 4.22. The van der Waals surface area contributed by atoms with Crippen molar-refractivity contribution >= 4 is 17.7 Å². The highest BCUT2D eigenvalue weighted by Crippen LogP contribution is 2.35. The molecule has 1 atom stereocenters. The molecule has 0 aliphatic rings. The monoisotopic (exact) mass is 401 g/mol. The minimum Gasteiger partial charge on any atom is -0.495 e. The van der Waals surface area contributed by atoms with E-state index < -0.39 is 0 Å². The van der Waals surface area contributed by atoms with E-state index in [0.717, 1.165) is 12.1 Å². The average molecular weight is 401 g/mol. The Morgan fingerprint density at radius 1 is 1.21 bits per heavy atom. The molecule has 1 unspecified atom stereocenters. The molecule has 0 aliphatic heterocycles. The fraction of sp³-hybridized carbons (Fsp3) is 0.350. The molecule has 0 saturated heterocycles. The van der Waals surface area contributed by atoms with E-state index in [1.807, 2.05) is 41.8 Å². The third-order valence-corrected chi connectivity index (χ3v) is 5.24. The molecule has 0 spiro atoms. The Labute approximate surface area is 168 Å². The van der Waals surface area contributed by atoms with Crippen LogP contribution in [0.2, 0.25) is 0 Å². The van der Waals surface area contributed by atoms with Crippen LogP contribution < -0.4 is 4.74 Å². The zero-order chi connectivity index (χ0) is 19.9. The van der Waals surface area contributed by atoms with Crippen LogP contribution in [0.15, 0.2) is 52.2 Å². The molecule has 2 aromatic heterocycles. The van der Waals surface area contributed by atoms with Crippen LogP contribution >= 0.6 is 11.8 Å². The number of esters is 1. The Hall–Kier alpha value is -2.74. The Balaban J connectivity index is 2.08. The standard InChI is InChI=1S/C20H23N3O4S/c1-4-9-17(19(24)26-5-2)28-20-22-21-18(16-12-8-13-27-16)23(20)14-10-6-7-11-15(14)25-3/h6-8,10-13,17H,4-5,9H2,1-3H3. The Bertz CT molecular complexity index is 908. The van der Waals surface area contributed by atoms with Crippen molar-refractivity contribution in [1.29, 1.82) is 0 Å². The number of ether oxygens (including phenoxy) is 2. The van der Waals surface area contributed by atoms with Gasteiger partial charge in [0.2, 0.25) is 5.82 Å².